The van der Waals surface area contributed by atoms with Gasteiger partial charge in [-0.05, 0) is 76.9 Å². The first-order valence-electron chi connectivity index (χ1n) is 11.1. The van der Waals surface area contributed by atoms with Crippen LogP contribution < -0.4 is 5.46 Å². The molecule has 2 aliphatic heterocycles. The minimum Gasteiger partial charge on any atom is -0.399 e. The molecule has 29 heavy (non-hydrogen) atoms. The van der Waals surface area contributed by atoms with E-state index in [1.807, 2.05) is 18.7 Å². The van der Waals surface area contributed by atoms with Crippen molar-refractivity contribution in [3.63, 3.8) is 0 Å². The first-order valence-corrected chi connectivity index (χ1v) is 11.1. The zero-order valence-corrected chi connectivity index (χ0v) is 18.9. The SMILES string of the molecule is Cc1cc(B2OC(C)(C)C(C)(C)O2)cc(C)c1C(=O)N1CCN(CC2CC2)CC1. The van der Waals surface area contributed by atoms with Crippen molar-refractivity contribution in [2.45, 2.75) is 65.6 Å². The van der Waals surface area contributed by atoms with Crippen molar-refractivity contribution in [1.82, 2.24) is 9.80 Å². The van der Waals surface area contributed by atoms with E-state index < -0.39 is 7.12 Å². The largest absolute Gasteiger partial charge is 0.494 e. The molecule has 3 fully saturated rings. The number of rotatable bonds is 4. The lowest BCUT2D eigenvalue weighted by molar-refractivity contribution is 0.00578. The molecule has 0 atom stereocenters. The Labute approximate surface area is 175 Å². The second-order valence-electron chi connectivity index (χ2n) is 10.2. The first kappa shape index (κ1) is 20.9. The fourth-order valence-electron chi connectivity index (χ4n) is 4.41. The van der Waals surface area contributed by atoms with Crippen molar-refractivity contribution in [2.75, 3.05) is 32.7 Å². The topological polar surface area (TPSA) is 42.0 Å². The molecule has 158 valence electrons. The third kappa shape index (κ3) is 4.12. The van der Waals surface area contributed by atoms with Crippen LogP contribution in [-0.2, 0) is 9.31 Å². The van der Waals surface area contributed by atoms with Crippen molar-refractivity contribution >= 4 is 18.5 Å². The second kappa shape index (κ2) is 7.40. The molecule has 0 N–H and O–H groups in total. The van der Waals surface area contributed by atoms with E-state index >= 15 is 0 Å². The average Bonchev–Trinajstić information content (AvgIpc) is 3.40. The molecule has 2 heterocycles. The van der Waals surface area contributed by atoms with E-state index in [4.69, 9.17) is 9.31 Å². The van der Waals surface area contributed by atoms with Gasteiger partial charge in [0, 0.05) is 38.3 Å². The lowest BCUT2D eigenvalue weighted by Gasteiger charge is -2.35. The molecule has 5 nitrogen and oxygen atoms in total. The number of aryl methyl sites for hydroxylation is 2. The van der Waals surface area contributed by atoms with Crippen LogP contribution in [0.25, 0.3) is 0 Å². The van der Waals surface area contributed by atoms with Crippen LogP contribution in [0.3, 0.4) is 0 Å². The van der Waals surface area contributed by atoms with Crippen LogP contribution in [0.5, 0.6) is 0 Å². The Morgan fingerprint density at radius 2 is 1.52 bits per heavy atom. The summed E-state index contributed by atoms with van der Waals surface area (Å²) < 4.78 is 12.4. The summed E-state index contributed by atoms with van der Waals surface area (Å²) in [6.45, 7) is 17.1. The van der Waals surface area contributed by atoms with E-state index in [-0.39, 0.29) is 17.1 Å². The molecular formula is C23H35BN2O3. The Balaban J connectivity index is 1.47. The van der Waals surface area contributed by atoms with Gasteiger partial charge in [-0.3, -0.25) is 9.69 Å². The molecule has 2 saturated heterocycles. The molecule has 0 aromatic heterocycles. The number of benzene rings is 1. The van der Waals surface area contributed by atoms with Gasteiger partial charge in [-0.1, -0.05) is 12.1 Å². The number of carbonyl (C=O) groups excluding carboxylic acids is 1. The van der Waals surface area contributed by atoms with Crippen LogP contribution >= 0.6 is 0 Å². The van der Waals surface area contributed by atoms with E-state index in [1.165, 1.54) is 19.4 Å². The number of hydrogen-bond donors (Lipinski definition) is 0. The van der Waals surface area contributed by atoms with Gasteiger partial charge >= 0.3 is 7.12 Å². The highest BCUT2D eigenvalue weighted by molar-refractivity contribution is 6.62. The molecule has 4 rings (SSSR count). The van der Waals surface area contributed by atoms with E-state index in [2.05, 4.69) is 44.7 Å². The number of carbonyl (C=O) groups is 1. The maximum atomic E-state index is 13.3. The predicted molar refractivity (Wildman–Crippen MR) is 117 cm³/mol. The normalized spacial score (nSPS) is 24.2. The van der Waals surface area contributed by atoms with E-state index in [0.717, 1.165) is 54.3 Å². The Kier molecular flexibility index (Phi) is 5.33. The summed E-state index contributed by atoms with van der Waals surface area (Å²) in [5, 5.41) is 0. The Hall–Kier alpha value is -1.37. The minimum atomic E-state index is -0.396. The zero-order valence-electron chi connectivity index (χ0n) is 18.9. The molecule has 1 aliphatic carbocycles. The summed E-state index contributed by atoms with van der Waals surface area (Å²) in [5.74, 6) is 1.07. The molecule has 0 radical (unpaired) electrons. The van der Waals surface area contributed by atoms with Gasteiger partial charge < -0.3 is 14.2 Å². The van der Waals surface area contributed by atoms with Gasteiger partial charge in [-0.15, -0.1) is 0 Å². The summed E-state index contributed by atoms with van der Waals surface area (Å²) in [4.78, 5) is 17.8. The van der Waals surface area contributed by atoms with E-state index in [1.54, 1.807) is 0 Å². The van der Waals surface area contributed by atoms with Crippen LogP contribution in [0.2, 0.25) is 0 Å². The van der Waals surface area contributed by atoms with Gasteiger partial charge in [-0.2, -0.15) is 0 Å². The molecular weight excluding hydrogens is 363 g/mol. The Morgan fingerprint density at radius 3 is 2.00 bits per heavy atom. The highest BCUT2D eigenvalue weighted by Crippen LogP contribution is 2.36. The molecule has 1 amide bonds. The Morgan fingerprint density at radius 1 is 1.00 bits per heavy atom. The number of amides is 1. The monoisotopic (exact) mass is 398 g/mol. The van der Waals surface area contributed by atoms with Crippen LogP contribution in [0.15, 0.2) is 12.1 Å². The molecule has 0 bridgehead atoms. The number of nitrogens with zero attached hydrogens (tertiary/aromatic N) is 2. The van der Waals surface area contributed by atoms with Gasteiger partial charge in [0.25, 0.3) is 5.91 Å². The van der Waals surface area contributed by atoms with Crippen molar-refractivity contribution in [1.29, 1.82) is 0 Å². The maximum Gasteiger partial charge on any atom is 0.494 e. The molecule has 1 aromatic carbocycles. The summed E-state index contributed by atoms with van der Waals surface area (Å²) in [5.41, 5.74) is 3.09. The van der Waals surface area contributed by atoms with Crippen molar-refractivity contribution in [2.24, 2.45) is 5.92 Å². The fraction of sp³-hybridized carbons (Fsp3) is 0.696. The van der Waals surface area contributed by atoms with Gasteiger partial charge in [0.15, 0.2) is 0 Å². The lowest BCUT2D eigenvalue weighted by Crippen LogP contribution is -2.49. The van der Waals surface area contributed by atoms with Crippen molar-refractivity contribution in [3.05, 3.63) is 28.8 Å². The molecule has 3 aliphatic rings. The second-order valence-corrected chi connectivity index (χ2v) is 10.2. The van der Waals surface area contributed by atoms with Crippen LogP contribution in [-0.4, -0.2) is 66.8 Å². The first-order chi connectivity index (χ1) is 13.6. The maximum absolute atomic E-state index is 13.3. The molecule has 1 saturated carbocycles. The number of hydrogen-bond acceptors (Lipinski definition) is 4. The summed E-state index contributed by atoms with van der Waals surface area (Å²) in [6.07, 6.45) is 2.76. The lowest BCUT2D eigenvalue weighted by atomic mass is 9.76. The third-order valence-corrected chi connectivity index (χ3v) is 7.17. The summed E-state index contributed by atoms with van der Waals surface area (Å²) in [7, 11) is -0.396. The fourth-order valence-corrected chi connectivity index (χ4v) is 4.41. The van der Waals surface area contributed by atoms with E-state index in [0.29, 0.717) is 0 Å². The van der Waals surface area contributed by atoms with Crippen LogP contribution in [0.1, 0.15) is 62.0 Å². The van der Waals surface area contributed by atoms with Gasteiger partial charge in [-0.25, -0.2) is 0 Å². The highest BCUT2D eigenvalue weighted by Gasteiger charge is 2.51. The summed E-state index contributed by atoms with van der Waals surface area (Å²) in [6, 6.07) is 4.12. The van der Waals surface area contributed by atoms with E-state index in [9.17, 15) is 4.79 Å². The smallest absolute Gasteiger partial charge is 0.399 e. The highest BCUT2D eigenvalue weighted by atomic mass is 16.7. The predicted octanol–water partition coefficient (Wildman–Crippen LogP) is 2.77. The summed E-state index contributed by atoms with van der Waals surface area (Å²) >= 11 is 0. The average molecular weight is 398 g/mol. The molecule has 6 heteroatoms. The van der Waals surface area contributed by atoms with Crippen molar-refractivity contribution in [3.8, 4) is 0 Å². The Bertz CT molecular complexity index is 756. The molecule has 1 aromatic rings. The van der Waals surface area contributed by atoms with Crippen LogP contribution in [0, 0.1) is 19.8 Å². The standard InChI is InChI=1S/C23H35BN2O3/c1-16-13-19(24-28-22(3,4)23(5,6)29-24)14-17(2)20(16)21(27)26-11-9-25(10-12-26)15-18-7-8-18/h13-14,18H,7-12,15H2,1-6H3. The van der Waals surface area contributed by atoms with Gasteiger partial charge in [0.2, 0.25) is 0 Å². The van der Waals surface area contributed by atoms with Crippen molar-refractivity contribution < 1.29 is 14.1 Å². The van der Waals surface area contributed by atoms with Crippen LogP contribution in [0.4, 0.5) is 0 Å². The van der Waals surface area contributed by atoms with Gasteiger partial charge in [0.05, 0.1) is 11.2 Å². The molecule has 0 unspecified atom stereocenters. The zero-order chi connectivity index (χ0) is 21.0. The molecule has 0 spiro atoms. The number of piperazine rings is 1. The van der Waals surface area contributed by atoms with Gasteiger partial charge in [0.1, 0.15) is 0 Å². The quantitative estimate of drug-likeness (QED) is 0.732. The minimum absolute atomic E-state index is 0.159. The third-order valence-electron chi connectivity index (χ3n) is 7.17.